The number of hydrogen-bond acceptors (Lipinski definition) is 6. The number of amides is 1. The quantitative estimate of drug-likeness (QED) is 0.788. The zero-order valence-electron chi connectivity index (χ0n) is 11.8. The second kappa shape index (κ2) is 6.21. The number of hydrogen-bond donors (Lipinski definition) is 1. The lowest BCUT2D eigenvalue weighted by Gasteiger charge is -2.23. The molecule has 21 heavy (non-hydrogen) atoms. The van der Waals surface area contributed by atoms with E-state index in [1.165, 1.54) is 17.2 Å². The SMILES string of the molecule is C=CCNc1nccc(C(=O)N(C)C2CCS(=O)(=O)C2)n1. The van der Waals surface area contributed by atoms with Gasteiger partial charge in [-0.05, 0) is 12.5 Å². The second-order valence-electron chi connectivity index (χ2n) is 4.91. The molecule has 1 aliphatic heterocycles. The van der Waals surface area contributed by atoms with Crippen LogP contribution in [-0.4, -0.2) is 60.3 Å². The zero-order valence-corrected chi connectivity index (χ0v) is 12.6. The van der Waals surface area contributed by atoms with E-state index in [4.69, 9.17) is 0 Å². The van der Waals surface area contributed by atoms with Crippen molar-refractivity contribution in [2.75, 3.05) is 30.4 Å². The Bertz CT molecular complexity index is 645. The molecule has 1 atom stereocenters. The van der Waals surface area contributed by atoms with E-state index in [0.29, 0.717) is 18.9 Å². The molecule has 0 aromatic carbocycles. The minimum atomic E-state index is -3.03. The third kappa shape index (κ3) is 3.78. The van der Waals surface area contributed by atoms with Gasteiger partial charge in [0.05, 0.1) is 11.5 Å². The first kappa shape index (κ1) is 15.4. The summed E-state index contributed by atoms with van der Waals surface area (Å²) < 4.78 is 23.0. The van der Waals surface area contributed by atoms with Gasteiger partial charge in [-0.1, -0.05) is 6.08 Å². The molecule has 114 valence electrons. The molecule has 1 fully saturated rings. The van der Waals surface area contributed by atoms with Crippen molar-refractivity contribution in [1.29, 1.82) is 0 Å². The van der Waals surface area contributed by atoms with Crippen molar-refractivity contribution in [1.82, 2.24) is 14.9 Å². The van der Waals surface area contributed by atoms with Crippen LogP contribution in [0.4, 0.5) is 5.95 Å². The first-order valence-electron chi connectivity index (χ1n) is 6.58. The molecule has 1 saturated heterocycles. The van der Waals surface area contributed by atoms with Crippen LogP contribution in [-0.2, 0) is 9.84 Å². The van der Waals surface area contributed by atoms with E-state index < -0.39 is 9.84 Å². The number of nitrogens with zero attached hydrogens (tertiary/aromatic N) is 3. The predicted octanol–water partition coefficient (Wildman–Crippen LogP) is 0.334. The molecule has 0 aliphatic carbocycles. The van der Waals surface area contributed by atoms with Crippen LogP contribution in [0.1, 0.15) is 16.9 Å². The summed E-state index contributed by atoms with van der Waals surface area (Å²) in [5.41, 5.74) is 0.239. The lowest BCUT2D eigenvalue weighted by molar-refractivity contribution is 0.0741. The topological polar surface area (TPSA) is 92.3 Å². The summed E-state index contributed by atoms with van der Waals surface area (Å²) in [6.07, 6.45) is 3.62. The molecule has 1 aliphatic rings. The van der Waals surface area contributed by atoms with Crippen LogP contribution in [0.5, 0.6) is 0 Å². The van der Waals surface area contributed by atoms with Gasteiger partial charge in [-0.25, -0.2) is 18.4 Å². The predicted molar refractivity (Wildman–Crippen MR) is 79.9 cm³/mol. The molecular weight excluding hydrogens is 292 g/mol. The van der Waals surface area contributed by atoms with Crippen molar-refractivity contribution in [3.8, 4) is 0 Å². The minimum absolute atomic E-state index is 0.0158. The molecule has 0 saturated carbocycles. The monoisotopic (exact) mass is 310 g/mol. The van der Waals surface area contributed by atoms with Crippen molar-refractivity contribution in [2.45, 2.75) is 12.5 Å². The van der Waals surface area contributed by atoms with Gasteiger partial charge < -0.3 is 10.2 Å². The minimum Gasteiger partial charge on any atom is -0.351 e. The summed E-state index contributed by atoms with van der Waals surface area (Å²) in [6.45, 7) is 4.07. The zero-order chi connectivity index (χ0) is 15.5. The lowest BCUT2D eigenvalue weighted by Crippen LogP contribution is -2.38. The summed E-state index contributed by atoms with van der Waals surface area (Å²) in [5.74, 6) is 0.182. The summed E-state index contributed by atoms with van der Waals surface area (Å²) in [6, 6.07) is 1.23. The molecule has 1 aromatic heterocycles. The van der Waals surface area contributed by atoms with Crippen molar-refractivity contribution in [2.24, 2.45) is 0 Å². The molecule has 1 aromatic rings. The number of sulfone groups is 1. The largest absolute Gasteiger partial charge is 0.351 e. The van der Waals surface area contributed by atoms with Crippen molar-refractivity contribution < 1.29 is 13.2 Å². The Kier molecular flexibility index (Phi) is 4.56. The van der Waals surface area contributed by atoms with Crippen LogP contribution in [0.2, 0.25) is 0 Å². The highest BCUT2D eigenvalue weighted by Gasteiger charge is 2.33. The number of carbonyl (C=O) groups is 1. The number of nitrogens with one attached hydrogen (secondary N) is 1. The van der Waals surface area contributed by atoms with Crippen LogP contribution >= 0.6 is 0 Å². The molecule has 7 nitrogen and oxygen atoms in total. The van der Waals surface area contributed by atoms with E-state index in [1.54, 1.807) is 13.1 Å². The average molecular weight is 310 g/mol. The molecular formula is C13H18N4O3S. The van der Waals surface area contributed by atoms with Crippen molar-refractivity contribution in [3.63, 3.8) is 0 Å². The van der Waals surface area contributed by atoms with E-state index >= 15 is 0 Å². The Morgan fingerprint density at radius 2 is 2.38 bits per heavy atom. The van der Waals surface area contributed by atoms with Gasteiger partial charge in [0, 0.05) is 25.8 Å². The average Bonchev–Trinajstić information content (AvgIpc) is 2.84. The van der Waals surface area contributed by atoms with E-state index in [9.17, 15) is 13.2 Å². The van der Waals surface area contributed by atoms with Crippen LogP contribution in [0.25, 0.3) is 0 Å². The number of carbonyl (C=O) groups excluding carboxylic acids is 1. The summed E-state index contributed by atoms with van der Waals surface area (Å²) >= 11 is 0. The third-order valence-electron chi connectivity index (χ3n) is 3.36. The summed E-state index contributed by atoms with van der Waals surface area (Å²) in [7, 11) is -1.42. The normalized spacial score (nSPS) is 20.0. The van der Waals surface area contributed by atoms with Gasteiger partial charge in [-0.3, -0.25) is 4.79 Å². The van der Waals surface area contributed by atoms with Crippen LogP contribution in [0.3, 0.4) is 0 Å². The highest BCUT2D eigenvalue weighted by atomic mass is 32.2. The van der Waals surface area contributed by atoms with Gasteiger partial charge in [0.2, 0.25) is 5.95 Å². The van der Waals surface area contributed by atoms with Crippen LogP contribution in [0, 0.1) is 0 Å². The fraction of sp³-hybridized carbons (Fsp3) is 0.462. The van der Waals surface area contributed by atoms with Crippen molar-refractivity contribution >= 4 is 21.7 Å². The summed E-state index contributed by atoms with van der Waals surface area (Å²) in [4.78, 5) is 21.9. The van der Waals surface area contributed by atoms with E-state index in [1.807, 2.05) is 0 Å². The van der Waals surface area contributed by atoms with Gasteiger partial charge in [0.1, 0.15) is 5.69 Å². The molecule has 1 N–H and O–H groups in total. The molecule has 1 amide bonds. The fourth-order valence-corrected chi connectivity index (χ4v) is 3.93. The van der Waals surface area contributed by atoms with Gasteiger partial charge in [-0.15, -0.1) is 6.58 Å². The standard InChI is InChI=1S/C13H18N4O3S/c1-3-6-14-13-15-7-4-11(16-13)12(18)17(2)10-5-8-21(19,20)9-10/h3-4,7,10H,1,5-6,8-9H2,2H3,(H,14,15,16). The number of rotatable bonds is 5. The first-order chi connectivity index (χ1) is 9.93. The van der Waals surface area contributed by atoms with Crippen LogP contribution < -0.4 is 5.32 Å². The summed E-state index contributed by atoms with van der Waals surface area (Å²) in [5, 5.41) is 2.90. The number of aromatic nitrogens is 2. The molecule has 0 spiro atoms. The van der Waals surface area contributed by atoms with Gasteiger partial charge >= 0.3 is 0 Å². The molecule has 0 radical (unpaired) electrons. The lowest BCUT2D eigenvalue weighted by atomic mass is 10.2. The molecule has 2 heterocycles. The fourth-order valence-electron chi connectivity index (χ4n) is 2.15. The Balaban J connectivity index is 2.10. The third-order valence-corrected chi connectivity index (χ3v) is 5.11. The Hall–Kier alpha value is -1.96. The maximum atomic E-state index is 12.4. The highest BCUT2D eigenvalue weighted by Crippen LogP contribution is 2.18. The molecule has 0 bridgehead atoms. The Morgan fingerprint density at radius 3 is 3.00 bits per heavy atom. The second-order valence-corrected chi connectivity index (χ2v) is 7.14. The smallest absolute Gasteiger partial charge is 0.272 e. The van der Waals surface area contributed by atoms with Crippen molar-refractivity contribution in [3.05, 3.63) is 30.6 Å². The van der Waals surface area contributed by atoms with Crippen LogP contribution in [0.15, 0.2) is 24.9 Å². The molecule has 1 unspecified atom stereocenters. The first-order valence-corrected chi connectivity index (χ1v) is 8.40. The van der Waals surface area contributed by atoms with E-state index in [-0.39, 0.29) is 29.1 Å². The number of anilines is 1. The van der Waals surface area contributed by atoms with E-state index in [0.717, 1.165) is 0 Å². The van der Waals surface area contributed by atoms with Gasteiger partial charge in [0.15, 0.2) is 9.84 Å². The van der Waals surface area contributed by atoms with Gasteiger partial charge in [-0.2, -0.15) is 0 Å². The Labute approximate surface area is 124 Å². The maximum absolute atomic E-state index is 12.4. The van der Waals surface area contributed by atoms with E-state index in [2.05, 4.69) is 21.9 Å². The Morgan fingerprint density at radius 1 is 1.62 bits per heavy atom. The maximum Gasteiger partial charge on any atom is 0.272 e. The highest BCUT2D eigenvalue weighted by molar-refractivity contribution is 7.91. The molecule has 8 heteroatoms. The van der Waals surface area contributed by atoms with Gasteiger partial charge in [0.25, 0.3) is 5.91 Å². The molecule has 2 rings (SSSR count).